The number of carbonyl (C=O) groups excluding carboxylic acids is 1. The normalized spacial score (nSPS) is 18.6. The van der Waals surface area contributed by atoms with E-state index in [1.165, 1.54) is 12.1 Å². The quantitative estimate of drug-likeness (QED) is 0.897. The van der Waals surface area contributed by atoms with Gasteiger partial charge in [0.2, 0.25) is 5.91 Å². The third kappa shape index (κ3) is 4.65. The fourth-order valence-electron chi connectivity index (χ4n) is 2.14. The van der Waals surface area contributed by atoms with Gasteiger partial charge in [-0.2, -0.15) is 0 Å². The van der Waals surface area contributed by atoms with Gasteiger partial charge in [-0.1, -0.05) is 0 Å². The summed E-state index contributed by atoms with van der Waals surface area (Å²) in [5, 5.41) is 2.98. The first-order valence-corrected chi connectivity index (χ1v) is 7.52. The Morgan fingerprint density at radius 1 is 1.60 bits per heavy atom. The molecule has 3 nitrogen and oxygen atoms in total. The molecule has 20 heavy (non-hydrogen) atoms. The molecule has 0 aromatic heterocycles. The highest BCUT2D eigenvalue weighted by Gasteiger charge is 2.22. The molecule has 1 amide bonds. The molecule has 3 N–H and O–H groups in total. The summed E-state index contributed by atoms with van der Waals surface area (Å²) in [5.41, 5.74) is 6.53. The lowest BCUT2D eigenvalue weighted by Gasteiger charge is -2.26. The van der Waals surface area contributed by atoms with E-state index in [4.69, 9.17) is 5.73 Å². The molecule has 0 bridgehead atoms. The van der Waals surface area contributed by atoms with Crippen LogP contribution in [0.5, 0.6) is 0 Å². The van der Waals surface area contributed by atoms with Crippen molar-refractivity contribution in [2.75, 3.05) is 5.75 Å². The SMILES string of the molecule is CC(N)CCC(=O)NC1CCSc2ccc(F)cc21.Cl. The van der Waals surface area contributed by atoms with Crippen molar-refractivity contribution in [3.8, 4) is 0 Å². The highest BCUT2D eigenvalue weighted by atomic mass is 35.5. The van der Waals surface area contributed by atoms with E-state index in [9.17, 15) is 9.18 Å². The number of benzene rings is 1. The van der Waals surface area contributed by atoms with E-state index in [0.717, 1.165) is 22.6 Å². The third-order valence-electron chi connectivity index (χ3n) is 3.17. The number of hydrogen-bond acceptors (Lipinski definition) is 3. The van der Waals surface area contributed by atoms with Gasteiger partial charge in [-0.15, -0.1) is 24.2 Å². The van der Waals surface area contributed by atoms with Crippen molar-refractivity contribution >= 4 is 30.1 Å². The van der Waals surface area contributed by atoms with Crippen molar-refractivity contribution in [2.24, 2.45) is 5.73 Å². The molecule has 2 rings (SSSR count). The van der Waals surface area contributed by atoms with Crippen LogP contribution in [0.4, 0.5) is 4.39 Å². The smallest absolute Gasteiger partial charge is 0.220 e. The average molecular weight is 319 g/mol. The first-order chi connectivity index (χ1) is 9.06. The Morgan fingerprint density at radius 3 is 3.05 bits per heavy atom. The number of amides is 1. The molecule has 1 aromatic rings. The monoisotopic (exact) mass is 318 g/mol. The lowest BCUT2D eigenvalue weighted by Crippen LogP contribution is -2.31. The molecule has 0 saturated heterocycles. The van der Waals surface area contributed by atoms with Crippen molar-refractivity contribution in [1.29, 1.82) is 0 Å². The van der Waals surface area contributed by atoms with E-state index in [1.807, 2.05) is 6.92 Å². The fourth-order valence-corrected chi connectivity index (χ4v) is 3.25. The zero-order chi connectivity index (χ0) is 13.8. The lowest BCUT2D eigenvalue weighted by molar-refractivity contribution is -0.122. The Morgan fingerprint density at radius 2 is 2.35 bits per heavy atom. The minimum absolute atomic E-state index is 0. The number of fused-ring (bicyclic) bond motifs is 1. The largest absolute Gasteiger partial charge is 0.349 e. The van der Waals surface area contributed by atoms with Crippen LogP contribution < -0.4 is 11.1 Å². The topological polar surface area (TPSA) is 55.1 Å². The van der Waals surface area contributed by atoms with Gasteiger partial charge in [0, 0.05) is 23.1 Å². The van der Waals surface area contributed by atoms with Crippen LogP contribution in [0.1, 0.15) is 37.8 Å². The van der Waals surface area contributed by atoms with Gasteiger partial charge in [0.1, 0.15) is 5.82 Å². The second kappa shape index (κ2) is 7.86. The van der Waals surface area contributed by atoms with Gasteiger partial charge in [0.25, 0.3) is 0 Å². The summed E-state index contributed by atoms with van der Waals surface area (Å²) in [6, 6.07) is 4.73. The lowest BCUT2D eigenvalue weighted by atomic mass is 10.0. The molecule has 0 aliphatic carbocycles. The first-order valence-electron chi connectivity index (χ1n) is 6.53. The van der Waals surface area contributed by atoms with Crippen molar-refractivity contribution in [3.63, 3.8) is 0 Å². The number of nitrogens with one attached hydrogen (secondary N) is 1. The molecular weight excluding hydrogens is 299 g/mol. The predicted octanol–water partition coefficient (Wildman–Crippen LogP) is 3.03. The van der Waals surface area contributed by atoms with Crippen LogP contribution in [-0.4, -0.2) is 17.7 Å². The maximum absolute atomic E-state index is 13.3. The molecule has 0 fully saturated rings. The van der Waals surface area contributed by atoms with Gasteiger partial charge in [0.15, 0.2) is 0 Å². The third-order valence-corrected chi connectivity index (χ3v) is 4.30. The second-order valence-corrected chi connectivity index (χ2v) is 6.09. The molecule has 1 aliphatic rings. The van der Waals surface area contributed by atoms with Gasteiger partial charge in [-0.3, -0.25) is 4.79 Å². The van der Waals surface area contributed by atoms with E-state index < -0.39 is 0 Å². The van der Waals surface area contributed by atoms with Crippen LogP contribution in [-0.2, 0) is 4.79 Å². The highest BCUT2D eigenvalue weighted by molar-refractivity contribution is 7.99. The maximum Gasteiger partial charge on any atom is 0.220 e. The molecule has 0 spiro atoms. The van der Waals surface area contributed by atoms with Crippen LogP contribution in [0.3, 0.4) is 0 Å². The molecule has 6 heteroatoms. The molecule has 2 atom stereocenters. The summed E-state index contributed by atoms with van der Waals surface area (Å²) >= 11 is 1.71. The second-order valence-electron chi connectivity index (χ2n) is 4.96. The molecule has 1 heterocycles. The summed E-state index contributed by atoms with van der Waals surface area (Å²) in [6.45, 7) is 1.88. The maximum atomic E-state index is 13.3. The molecule has 112 valence electrons. The number of rotatable bonds is 4. The first kappa shape index (κ1) is 17.3. The average Bonchev–Trinajstić information content (AvgIpc) is 2.37. The van der Waals surface area contributed by atoms with E-state index in [-0.39, 0.29) is 36.2 Å². The van der Waals surface area contributed by atoms with E-state index in [0.29, 0.717) is 12.8 Å². The number of halogens is 2. The summed E-state index contributed by atoms with van der Waals surface area (Å²) in [7, 11) is 0. The van der Waals surface area contributed by atoms with Crippen molar-refractivity contribution < 1.29 is 9.18 Å². The molecule has 1 aliphatic heterocycles. The van der Waals surface area contributed by atoms with Gasteiger partial charge >= 0.3 is 0 Å². The molecule has 2 unspecified atom stereocenters. The zero-order valence-electron chi connectivity index (χ0n) is 11.4. The minimum Gasteiger partial charge on any atom is -0.349 e. The van der Waals surface area contributed by atoms with Gasteiger partial charge in [-0.25, -0.2) is 4.39 Å². The Balaban J connectivity index is 0.00000200. The molecular formula is C14H20ClFN2OS. The Labute approximate surface area is 129 Å². The summed E-state index contributed by atoms with van der Waals surface area (Å²) in [6.07, 6.45) is 1.93. The number of thioether (sulfide) groups is 1. The summed E-state index contributed by atoms with van der Waals surface area (Å²) in [5.74, 6) is 0.678. The van der Waals surface area contributed by atoms with Crippen LogP contribution in [0.2, 0.25) is 0 Å². The fraction of sp³-hybridized carbons (Fsp3) is 0.500. The summed E-state index contributed by atoms with van der Waals surface area (Å²) in [4.78, 5) is 12.9. The van der Waals surface area contributed by atoms with Crippen LogP contribution >= 0.6 is 24.2 Å². The standard InChI is InChI=1S/C14H19FN2OS.ClH/c1-9(16)2-5-14(18)17-12-6-7-19-13-4-3-10(15)8-11(12)13;/h3-4,8-9,12H,2,5-7,16H2,1H3,(H,17,18);1H. The van der Waals surface area contributed by atoms with E-state index in [2.05, 4.69) is 5.32 Å². The van der Waals surface area contributed by atoms with Crippen molar-refractivity contribution in [2.45, 2.75) is 43.2 Å². The van der Waals surface area contributed by atoms with Crippen molar-refractivity contribution in [1.82, 2.24) is 5.32 Å². The molecule has 0 saturated carbocycles. The molecule has 0 radical (unpaired) electrons. The minimum atomic E-state index is -0.254. The number of carbonyl (C=O) groups is 1. The van der Waals surface area contributed by atoms with E-state index in [1.54, 1.807) is 17.8 Å². The van der Waals surface area contributed by atoms with Crippen LogP contribution in [0.25, 0.3) is 0 Å². The summed E-state index contributed by atoms with van der Waals surface area (Å²) < 4.78 is 13.3. The predicted molar refractivity (Wildman–Crippen MR) is 82.8 cm³/mol. The zero-order valence-corrected chi connectivity index (χ0v) is 13.0. The number of hydrogen-bond donors (Lipinski definition) is 2. The van der Waals surface area contributed by atoms with Gasteiger partial charge in [0.05, 0.1) is 6.04 Å². The van der Waals surface area contributed by atoms with E-state index >= 15 is 0 Å². The number of nitrogens with two attached hydrogens (primary N) is 1. The van der Waals surface area contributed by atoms with Crippen molar-refractivity contribution in [3.05, 3.63) is 29.6 Å². The Hall–Kier alpha value is -0.780. The Kier molecular flexibility index (Phi) is 6.79. The van der Waals surface area contributed by atoms with Crippen LogP contribution in [0.15, 0.2) is 23.1 Å². The Bertz CT molecular complexity index is 470. The van der Waals surface area contributed by atoms with Gasteiger partial charge < -0.3 is 11.1 Å². The van der Waals surface area contributed by atoms with Crippen LogP contribution in [0, 0.1) is 5.82 Å². The highest BCUT2D eigenvalue weighted by Crippen LogP contribution is 2.36. The molecule has 1 aromatic carbocycles. The van der Waals surface area contributed by atoms with Gasteiger partial charge in [-0.05, 0) is 43.5 Å².